The van der Waals surface area contributed by atoms with Gasteiger partial charge in [0.2, 0.25) is 10.0 Å². The van der Waals surface area contributed by atoms with E-state index in [1.54, 1.807) is 46.0 Å². The largest absolute Gasteiger partial charge is 0.476 e. The van der Waals surface area contributed by atoms with Gasteiger partial charge in [-0.05, 0) is 32.9 Å². The van der Waals surface area contributed by atoms with E-state index in [9.17, 15) is 13.2 Å². The van der Waals surface area contributed by atoms with Gasteiger partial charge < -0.3 is 9.64 Å². The van der Waals surface area contributed by atoms with Gasteiger partial charge in [-0.1, -0.05) is 12.2 Å². The summed E-state index contributed by atoms with van der Waals surface area (Å²) in [5, 5.41) is 0. The number of nitrogens with one attached hydrogen (secondary N) is 1. The average Bonchev–Trinajstić information content (AvgIpc) is 2.33. The Morgan fingerprint density at radius 1 is 1.41 bits per heavy atom. The highest BCUT2D eigenvalue weighted by atomic mass is 32.2. The van der Waals surface area contributed by atoms with Crippen molar-refractivity contribution in [3.8, 4) is 5.75 Å². The summed E-state index contributed by atoms with van der Waals surface area (Å²) in [5.74, 6) is 0.160. The van der Waals surface area contributed by atoms with Gasteiger partial charge in [-0.15, -0.1) is 0 Å². The fourth-order valence-corrected chi connectivity index (χ4v) is 3.52. The maximum atomic E-state index is 12.1. The van der Waals surface area contributed by atoms with Gasteiger partial charge in [0.05, 0.1) is 17.1 Å². The maximum Gasteiger partial charge on any atom is 0.270 e. The van der Waals surface area contributed by atoms with Crippen molar-refractivity contribution in [3.63, 3.8) is 0 Å². The standard InChI is InChI=1S/C15H20N2O4S/c1-10(2)9-22(19,20)16-11-6-7-12-13(8-11)21-15(3,4)14(18)17(12)5/h6-8,16H,1,9H2,2-5H3. The molecule has 0 fully saturated rings. The minimum Gasteiger partial charge on any atom is -0.476 e. The molecule has 7 heteroatoms. The van der Waals surface area contributed by atoms with Crippen LogP contribution in [0.3, 0.4) is 0 Å². The number of benzene rings is 1. The summed E-state index contributed by atoms with van der Waals surface area (Å²) in [6.07, 6.45) is 0. The number of anilines is 2. The molecule has 1 aliphatic heterocycles. The number of likely N-dealkylation sites (N-methyl/N-ethyl adjacent to an activating group) is 1. The second kappa shape index (κ2) is 5.31. The normalized spacial score (nSPS) is 16.7. The van der Waals surface area contributed by atoms with Crippen molar-refractivity contribution in [2.24, 2.45) is 0 Å². The molecule has 0 bridgehead atoms. The molecule has 120 valence electrons. The second-order valence-electron chi connectivity index (χ2n) is 5.98. The predicted molar refractivity (Wildman–Crippen MR) is 86.8 cm³/mol. The van der Waals surface area contributed by atoms with E-state index in [0.717, 1.165) is 0 Å². The van der Waals surface area contributed by atoms with Crippen LogP contribution in [-0.2, 0) is 14.8 Å². The third-order valence-corrected chi connectivity index (χ3v) is 4.64. The zero-order valence-corrected chi connectivity index (χ0v) is 14.0. The van der Waals surface area contributed by atoms with Gasteiger partial charge in [0, 0.05) is 13.1 Å². The van der Waals surface area contributed by atoms with Gasteiger partial charge in [-0.3, -0.25) is 9.52 Å². The monoisotopic (exact) mass is 324 g/mol. The summed E-state index contributed by atoms with van der Waals surface area (Å²) in [6, 6.07) is 4.83. The summed E-state index contributed by atoms with van der Waals surface area (Å²) in [6.45, 7) is 8.60. The van der Waals surface area contributed by atoms with Crippen molar-refractivity contribution in [1.82, 2.24) is 0 Å². The number of hydrogen-bond acceptors (Lipinski definition) is 4. The molecule has 1 aromatic rings. The summed E-state index contributed by atoms with van der Waals surface area (Å²) in [7, 11) is -1.84. The van der Waals surface area contributed by atoms with Crippen molar-refractivity contribution < 1.29 is 17.9 Å². The molecule has 1 amide bonds. The summed E-state index contributed by atoms with van der Waals surface area (Å²) < 4.78 is 32.1. The van der Waals surface area contributed by atoms with Gasteiger partial charge in [0.1, 0.15) is 5.75 Å². The number of sulfonamides is 1. The van der Waals surface area contributed by atoms with Crippen LogP contribution >= 0.6 is 0 Å². The lowest BCUT2D eigenvalue weighted by Crippen LogP contribution is -2.50. The molecule has 2 rings (SSSR count). The predicted octanol–water partition coefficient (Wildman–Crippen LogP) is 2.14. The third kappa shape index (κ3) is 3.24. The molecule has 0 aliphatic carbocycles. The van der Waals surface area contributed by atoms with Crippen LogP contribution in [0.2, 0.25) is 0 Å². The zero-order valence-electron chi connectivity index (χ0n) is 13.1. The average molecular weight is 324 g/mol. The Hall–Kier alpha value is -2.02. The lowest BCUT2D eigenvalue weighted by atomic mass is 10.0. The summed E-state index contributed by atoms with van der Waals surface area (Å²) in [5.41, 5.74) is 0.552. The van der Waals surface area contributed by atoms with Crippen LogP contribution < -0.4 is 14.4 Å². The number of fused-ring (bicyclic) bond motifs is 1. The number of rotatable bonds is 4. The minimum atomic E-state index is -3.50. The molecule has 1 N–H and O–H groups in total. The molecule has 6 nitrogen and oxygen atoms in total. The first-order valence-corrected chi connectivity index (χ1v) is 8.43. The SMILES string of the molecule is C=C(C)CS(=O)(=O)Nc1ccc2c(c1)OC(C)(C)C(=O)N2C. The van der Waals surface area contributed by atoms with Crippen LogP contribution in [0.1, 0.15) is 20.8 Å². The molecule has 0 aromatic heterocycles. The van der Waals surface area contributed by atoms with Crippen LogP contribution in [0.5, 0.6) is 5.75 Å². The first kappa shape index (κ1) is 16.4. The second-order valence-corrected chi connectivity index (χ2v) is 7.70. The molecule has 0 radical (unpaired) electrons. The molecular formula is C15H20N2O4S. The number of ether oxygens (including phenoxy) is 1. The third-order valence-electron chi connectivity index (χ3n) is 3.22. The Kier molecular flexibility index (Phi) is 3.95. The summed E-state index contributed by atoms with van der Waals surface area (Å²) >= 11 is 0. The highest BCUT2D eigenvalue weighted by molar-refractivity contribution is 7.92. The van der Waals surface area contributed by atoms with Crippen molar-refractivity contribution >= 4 is 27.3 Å². The van der Waals surface area contributed by atoms with Crippen LogP contribution in [0.15, 0.2) is 30.4 Å². The molecule has 0 saturated carbocycles. The van der Waals surface area contributed by atoms with E-state index in [-0.39, 0.29) is 11.7 Å². The topological polar surface area (TPSA) is 75.7 Å². The molecule has 0 spiro atoms. The number of carbonyl (C=O) groups is 1. The first-order valence-electron chi connectivity index (χ1n) is 6.78. The molecular weight excluding hydrogens is 304 g/mol. The Bertz CT molecular complexity index is 738. The van der Waals surface area contributed by atoms with E-state index in [0.29, 0.717) is 22.7 Å². The van der Waals surface area contributed by atoms with Gasteiger partial charge in [0.15, 0.2) is 5.60 Å². The van der Waals surface area contributed by atoms with Crippen molar-refractivity contribution in [1.29, 1.82) is 0 Å². The number of nitrogens with zero attached hydrogens (tertiary/aromatic N) is 1. The van der Waals surface area contributed by atoms with E-state index in [2.05, 4.69) is 11.3 Å². The summed E-state index contributed by atoms with van der Waals surface area (Å²) in [4.78, 5) is 13.6. The highest BCUT2D eigenvalue weighted by Gasteiger charge is 2.39. The van der Waals surface area contributed by atoms with Gasteiger partial charge >= 0.3 is 0 Å². The molecule has 0 atom stereocenters. The van der Waals surface area contributed by atoms with E-state index in [1.165, 1.54) is 4.90 Å². The molecule has 0 unspecified atom stereocenters. The van der Waals surface area contributed by atoms with Gasteiger partial charge in [-0.2, -0.15) is 0 Å². The first-order chi connectivity index (χ1) is 10.0. The van der Waals surface area contributed by atoms with Crippen LogP contribution in [0, 0.1) is 0 Å². The van der Waals surface area contributed by atoms with E-state index < -0.39 is 15.6 Å². The maximum absolute atomic E-state index is 12.1. The van der Waals surface area contributed by atoms with Gasteiger partial charge in [-0.25, -0.2) is 8.42 Å². The quantitative estimate of drug-likeness (QED) is 0.861. The highest BCUT2D eigenvalue weighted by Crippen LogP contribution is 2.38. The number of amides is 1. The van der Waals surface area contributed by atoms with Crippen molar-refractivity contribution in [2.45, 2.75) is 26.4 Å². The number of carbonyl (C=O) groups excluding carboxylic acids is 1. The zero-order chi connectivity index (χ0) is 16.7. The van der Waals surface area contributed by atoms with E-state index in [1.807, 2.05) is 0 Å². The molecule has 1 heterocycles. The lowest BCUT2D eigenvalue weighted by Gasteiger charge is -2.37. The number of hydrogen-bond donors (Lipinski definition) is 1. The fraction of sp³-hybridized carbons (Fsp3) is 0.400. The van der Waals surface area contributed by atoms with Crippen molar-refractivity contribution in [3.05, 3.63) is 30.4 Å². The molecule has 0 saturated heterocycles. The van der Waals surface area contributed by atoms with Crippen LogP contribution in [0.4, 0.5) is 11.4 Å². The lowest BCUT2D eigenvalue weighted by molar-refractivity contribution is -0.132. The smallest absolute Gasteiger partial charge is 0.270 e. The molecule has 1 aromatic carbocycles. The minimum absolute atomic E-state index is 0.144. The van der Waals surface area contributed by atoms with Crippen LogP contribution in [-0.4, -0.2) is 32.7 Å². The Labute approximate surface area is 130 Å². The Morgan fingerprint density at radius 2 is 2.05 bits per heavy atom. The van der Waals surface area contributed by atoms with Crippen LogP contribution in [0.25, 0.3) is 0 Å². The molecule has 1 aliphatic rings. The Morgan fingerprint density at radius 3 is 2.64 bits per heavy atom. The fourth-order valence-electron chi connectivity index (χ4n) is 2.31. The van der Waals surface area contributed by atoms with Crippen molar-refractivity contribution in [2.75, 3.05) is 22.4 Å². The Balaban J connectivity index is 2.33. The van der Waals surface area contributed by atoms with Gasteiger partial charge in [0.25, 0.3) is 5.91 Å². The van der Waals surface area contributed by atoms with E-state index in [4.69, 9.17) is 4.74 Å². The van der Waals surface area contributed by atoms with E-state index >= 15 is 0 Å². The molecule has 22 heavy (non-hydrogen) atoms.